The van der Waals surface area contributed by atoms with E-state index in [0.29, 0.717) is 48.3 Å². The number of carboxylic acids is 1. The zero-order chi connectivity index (χ0) is 27.0. The molecule has 3 aromatic rings. The van der Waals surface area contributed by atoms with Crippen LogP contribution in [-0.4, -0.2) is 28.4 Å². The molecule has 0 heterocycles. The molecule has 1 saturated carbocycles. The summed E-state index contributed by atoms with van der Waals surface area (Å²) in [4.78, 5) is 11.1. The molecular weight excluding hydrogens is 494 g/mol. The van der Waals surface area contributed by atoms with E-state index >= 15 is 0 Å². The van der Waals surface area contributed by atoms with Crippen LogP contribution in [0.5, 0.6) is 23.0 Å². The van der Waals surface area contributed by atoms with Crippen molar-refractivity contribution < 1.29 is 38.0 Å². The largest absolute Gasteiger partial charge is 0.490 e. The molecule has 2 aliphatic rings. The van der Waals surface area contributed by atoms with Crippen LogP contribution in [0.2, 0.25) is 0 Å². The maximum atomic E-state index is 14.9. The van der Waals surface area contributed by atoms with Gasteiger partial charge in [0, 0.05) is 23.6 Å². The number of ether oxygens (including phenoxy) is 3. The van der Waals surface area contributed by atoms with Gasteiger partial charge in [-0.15, -0.1) is 0 Å². The third-order valence-corrected chi connectivity index (χ3v) is 7.04. The monoisotopic (exact) mass is 524 g/mol. The number of aliphatic carboxylic acids is 1. The average Bonchev–Trinajstić information content (AvgIpc) is 3.56. The van der Waals surface area contributed by atoms with E-state index in [1.807, 2.05) is 12.1 Å². The highest BCUT2D eigenvalue weighted by molar-refractivity contribution is 5.75. The first-order valence-electron chi connectivity index (χ1n) is 12.7. The molecule has 3 unspecified atom stereocenters. The van der Waals surface area contributed by atoms with E-state index in [9.17, 15) is 18.7 Å². The minimum atomic E-state index is -0.907. The SMILES string of the molecule is CC(C)(O)CCOc1ccc(Oc2ccc(F)c3c2CCC3Oc2ccc(C3CC3C(=O)O)cc2)cc1F. The first-order chi connectivity index (χ1) is 18.1. The van der Waals surface area contributed by atoms with Crippen LogP contribution in [0.15, 0.2) is 54.6 Å². The number of benzene rings is 3. The Bertz CT molecular complexity index is 1330. The zero-order valence-corrected chi connectivity index (χ0v) is 21.2. The Balaban J connectivity index is 1.26. The predicted octanol–water partition coefficient (Wildman–Crippen LogP) is 6.55. The first kappa shape index (κ1) is 26.0. The highest BCUT2D eigenvalue weighted by Crippen LogP contribution is 2.48. The van der Waals surface area contributed by atoms with Crippen molar-refractivity contribution in [2.24, 2.45) is 5.92 Å². The quantitative estimate of drug-likeness (QED) is 0.313. The van der Waals surface area contributed by atoms with E-state index in [0.717, 1.165) is 5.56 Å². The van der Waals surface area contributed by atoms with Crippen LogP contribution >= 0.6 is 0 Å². The van der Waals surface area contributed by atoms with Crippen LogP contribution in [0, 0.1) is 17.6 Å². The second kappa shape index (κ2) is 10.3. The lowest BCUT2D eigenvalue weighted by Crippen LogP contribution is -2.21. The molecule has 0 spiro atoms. The summed E-state index contributed by atoms with van der Waals surface area (Å²) in [7, 11) is 0. The molecule has 1 fully saturated rings. The van der Waals surface area contributed by atoms with E-state index in [4.69, 9.17) is 19.3 Å². The summed E-state index contributed by atoms with van der Waals surface area (Å²) >= 11 is 0. The Morgan fingerprint density at radius 3 is 2.37 bits per heavy atom. The van der Waals surface area contributed by atoms with Crippen LogP contribution in [0.1, 0.15) is 61.8 Å². The summed E-state index contributed by atoms with van der Waals surface area (Å²) in [5, 5.41) is 18.9. The molecule has 0 aliphatic heterocycles. The van der Waals surface area contributed by atoms with Gasteiger partial charge < -0.3 is 24.4 Å². The maximum absolute atomic E-state index is 14.9. The molecule has 6 nitrogen and oxygen atoms in total. The van der Waals surface area contributed by atoms with Crippen molar-refractivity contribution in [1.29, 1.82) is 0 Å². The van der Waals surface area contributed by atoms with Crippen LogP contribution in [0.3, 0.4) is 0 Å². The van der Waals surface area contributed by atoms with Crippen molar-refractivity contribution in [3.63, 3.8) is 0 Å². The minimum absolute atomic E-state index is 0.0315. The van der Waals surface area contributed by atoms with Crippen LogP contribution < -0.4 is 14.2 Å². The normalized spacial score (nSPS) is 20.1. The fourth-order valence-electron chi connectivity index (χ4n) is 4.85. The van der Waals surface area contributed by atoms with Gasteiger partial charge in [0.1, 0.15) is 29.2 Å². The number of hydrogen-bond donors (Lipinski definition) is 2. The van der Waals surface area contributed by atoms with E-state index in [2.05, 4.69) is 0 Å². The molecule has 0 bridgehead atoms. The molecule has 0 amide bonds. The molecule has 38 heavy (non-hydrogen) atoms. The maximum Gasteiger partial charge on any atom is 0.307 e. The van der Waals surface area contributed by atoms with Gasteiger partial charge in [-0.3, -0.25) is 4.79 Å². The Hall–Kier alpha value is -3.65. The van der Waals surface area contributed by atoms with Crippen molar-refractivity contribution in [3.05, 3.63) is 82.9 Å². The average molecular weight is 525 g/mol. The standard InChI is InChI=1S/C30H30F2O6/c1-30(2,35)13-14-36-26-10-7-19(15-24(26)32)38-25-12-9-23(31)28-20(25)8-11-27(28)37-18-5-3-17(4-6-18)21-16-22(21)29(33)34/h3-7,9-10,12,15,21-22,27,35H,8,11,13-14,16H2,1-2H3,(H,33,34). The second-order valence-electron chi connectivity index (χ2n) is 10.5. The van der Waals surface area contributed by atoms with Gasteiger partial charge in [0.2, 0.25) is 0 Å². The highest BCUT2D eigenvalue weighted by Gasteiger charge is 2.44. The number of hydrogen-bond acceptors (Lipinski definition) is 5. The van der Waals surface area contributed by atoms with Crippen LogP contribution in [-0.2, 0) is 11.2 Å². The molecule has 2 N–H and O–H groups in total. The Labute approximate surface area is 219 Å². The fourth-order valence-corrected chi connectivity index (χ4v) is 4.85. The molecule has 200 valence electrons. The topological polar surface area (TPSA) is 85.2 Å². The Kier molecular flexibility index (Phi) is 7.01. The molecule has 3 atom stereocenters. The second-order valence-corrected chi connectivity index (χ2v) is 10.5. The molecule has 5 rings (SSSR count). The predicted molar refractivity (Wildman–Crippen MR) is 136 cm³/mol. The number of aliphatic hydroxyl groups is 1. The summed E-state index contributed by atoms with van der Waals surface area (Å²) in [6, 6.07) is 14.4. The van der Waals surface area contributed by atoms with Crippen LogP contribution in [0.25, 0.3) is 0 Å². The van der Waals surface area contributed by atoms with Gasteiger partial charge in [0.05, 0.1) is 18.1 Å². The van der Waals surface area contributed by atoms with E-state index < -0.39 is 29.3 Å². The molecule has 0 aromatic heterocycles. The van der Waals surface area contributed by atoms with Crippen molar-refractivity contribution in [3.8, 4) is 23.0 Å². The van der Waals surface area contributed by atoms with Crippen molar-refractivity contribution in [2.75, 3.05) is 6.61 Å². The Morgan fingerprint density at radius 1 is 1.00 bits per heavy atom. The van der Waals surface area contributed by atoms with E-state index in [-0.39, 0.29) is 29.9 Å². The van der Waals surface area contributed by atoms with Crippen LogP contribution in [0.4, 0.5) is 8.78 Å². The molecule has 0 radical (unpaired) electrons. The number of rotatable bonds is 10. The number of halogens is 2. The van der Waals surface area contributed by atoms with Crippen molar-refractivity contribution in [2.45, 2.75) is 57.2 Å². The molecule has 8 heteroatoms. The van der Waals surface area contributed by atoms with Gasteiger partial charge >= 0.3 is 5.97 Å². The molecule has 3 aromatic carbocycles. The number of carbonyl (C=O) groups is 1. The highest BCUT2D eigenvalue weighted by atomic mass is 19.1. The summed E-state index contributed by atoms with van der Waals surface area (Å²) in [6.45, 7) is 3.48. The zero-order valence-electron chi connectivity index (χ0n) is 21.2. The van der Waals surface area contributed by atoms with E-state index in [1.54, 1.807) is 32.0 Å². The fraction of sp³-hybridized carbons (Fsp3) is 0.367. The third kappa shape index (κ3) is 5.75. The lowest BCUT2D eigenvalue weighted by Gasteiger charge is -2.18. The number of fused-ring (bicyclic) bond motifs is 1. The van der Waals surface area contributed by atoms with E-state index in [1.165, 1.54) is 24.3 Å². The molecular formula is C30H30F2O6. The van der Waals surface area contributed by atoms with Gasteiger partial charge in [0.15, 0.2) is 11.6 Å². The number of carboxylic acid groups (broad SMARTS) is 1. The third-order valence-electron chi connectivity index (χ3n) is 7.04. The lowest BCUT2D eigenvalue weighted by molar-refractivity contribution is -0.138. The summed E-state index contributed by atoms with van der Waals surface area (Å²) in [6.07, 6.45) is 1.58. The summed E-state index contributed by atoms with van der Waals surface area (Å²) in [5.74, 6) is -0.732. The smallest absolute Gasteiger partial charge is 0.307 e. The molecule has 2 aliphatic carbocycles. The van der Waals surface area contributed by atoms with Crippen molar-refractivity contribution in [1.82, 2.24) is 0 Å². The summed E-state index contributed by atoms with van der Waals surface area (Å²) < 4.78 is 47.0. The van der Waals surface area contributed by atoms with Gasteiger partial charge in [-0.05, 0) is 81.0 Å². The van der Waals surface area contributed by atoms with Gasteiger partial charge in [-0.2, -0.15) is 0 Å². The van der Waals surface area contributed by atoms with Crippen molar-refractivity contribution >= 4 is 5.97 Å². The van der Waals surface area contributed by atoms with Gasteiger partial charge in [0.25, 0.3) is 0 Å². The van der Waals surface area contributed by atoms with Gasteiger partial charge in [-0.1, -0.05) is 12.1 Å². The van der Waals surface area contributed by atoms with Gasteiger partial charge in [-0.25, -0.2) is 8.78 Å². The molecule has 0 saturated heterocycles. The Morgan fingerprint density at radius 2 is 1.71 bits per heavy atom. The minimum Gasteiger partial charge on any atom is -0.490 e. The lowest BCUT2D eigenvalue weighted by atomic mass is 10.1. The first-order valence-corrected chi connectivity index (χ1v) is 12.7. The summed E-state index contributed by atoms with van der Waals surface area (Å²) in [5.41, 5.74) is 1.15.